The molecule has 0 radical (unpaired) electrons. The molecule has 0 unspecified atom stereocenters. The lowest BCUT2D eigenvalue weighted by Gasteiger charge is -2.34. The highest BCUT2D eigenvalue weighted by Crippen LogP contribution is 2.29. The van der Waals surface area contributed by atoms with Crippen molar-refractivity contribution in [3.8, 4) is 0 Å². The normalized spacial score (nSPS) is 23.6. The van der Waals surface area contributed by atoms with Gasteiger partial charge in [0, 0.05) is 11.7 Å². The van der Waals surface area contributed by atoms with E-state index in [0.717, 1.165) is 17.2 Å². The number of benzene rings is 1. The third-order valence-corrected chi connectivity index (χ3v) is 3.08. The molecule has 1 amide bonds. The third kappa shape index (κ3) is 2.75. The molecule has 2 rings (SSSR count). The topological polar surface area (TPSA) is 55.1 Å². The second-order valence-electron chi connectivity index (χ2n) is 4.76. The van der Waals surface area contributed by atoms with Gasteiger partial charge in [0.05, 0.1) is 6.42 Å². The Bertz CT molecular complexity index is 366. The van der Waals surface area contributed by atoms with E-state index < -0.39 is 0 Å². The molecule has 86 valence electrons. The van der Waals surface area contributed by atoms with Crippen molar-refractivity contribution in [3.05, 3.63) is 29.8 Å². The van der Waals surface area contributed by atoms with Crippen LogP contribution < -0.4 is 11.1 Å². The van der Waals surface area contributed by atoms with Crippen molar-refractivity contribution in [2.45, 2.75) is 32.2 Å². The van der Waals surface area contributed by atoms with Crippen LogP contribution in [-0.2, 0) is 11.2 Å². The number of rotatable bonds is 4. The summed E-state index contributed by atoms with van der Waals surface area (Å²) in [5.74, 6) is 0.570. The Labute approximate surface area is 96.0 Å². The molecule has 1 aromatic carbocycles. The van der Waals surface area contributed by atoms with Crippen molar-refractivity contribution in [2.75, 3.05) is 5.32 Å². The molecule has 0 bridgehead atoms. The second kappa shape index (κ2) is 4.56. The van der Waals surface area contributed by atoms with Crippen LogP contribution in [0.5, 0.6) is 0 Å². The zero-order valence-corrected chi connectivity index (χ0v) is 9.57. The van der Waals surface area contributed by atoms with Crippen LogP contribution in [0, 0.1) is 5.92 Å². The lowest BCUT2D eigenvalue weighted by molar-refractivity contribution is -0.117. The molecule has 0 saturated heterocycles. The van der Waals surface area contributed by atoms with Crippen molar-refractivity contribution in [3.63, 3.8) is 0 Å². The molecule has 0 heterocycles. The molecule has 1 aliphatic carbocycles. The van der Waals surface area contributed by atoms with Gasteiger partial charge < -0.3 is 11.1 Å². The summed E-state index contributed by atoms with van der Waals surface area (Å²) in [6.07, 6.45) is 2.83. The number of carbonyl (C=O) groups is 1. The van der Waals surface area contributed by atoms with Gasteiger partial charge in [-0.2, -0.15) is 0 Å². The fourth-order valence-corrected chi connectivity index (χ4v) is 2.18. The van der Waals surface area contributed by atoms with E-state index in [4.69, 9.17) is 5.73 Å². The summed E-state index contributed by atoms with van der Waals surface area (Å²) in [6.45, 7) is 2.27. The first-order valence-electron chi connectivity index (χ1n) is 5.77. The van der Waals surface area contributed by atoms with Crippen molar-refractivity contribution in [1.29, 1.82) is 0 Å². The van der Waals surface area contributed by atoms with Crippen LogP contribution in [-0.4, -0.2) is 11.9 Å². The minimum atomic E-state index is -0.284. The quantitative estimate of drug-likeness (QED) is 0.811. The molecule has 1 fully saturated rings. The first-order chi connectivity index (χ1) is 7.63. The molecule has 0 aromatic heterocycles. The van der Waals surface area contributed by atoms with Gasteiger partial charge in [0.2, 0.25) is 5.91 Å². The van der Waals surface area contributed by atoms with Gasteiger partial charge in [-0.15, -0.1) is 0 Å². The van der Waals surface area contributed by atoms with Crippen LogP contribution in [0.2, 0.25) is 0 Å². The number of anilines is 1. The number of primary amides is 1. The summed E-state index contributed by atoms with van der Waals surface area (Å²) < 4.78 is 0. The van der Waals surface area contributed by atoms with Gasteiger partial charge in [-0.1, -0.05) is 19.1 Å². The van der Waals surface area contributed by atoms with Crippen LogP contribution in [0.3, 0.4) is 0 Å². The maximum Gasteiger partial charge on any atom is 0.221 e. The molecular formula is C13H18N2O. The minimum absolute atomic E-state index is 0.284. The minimum Gasteiger partial charge on any atom is -0.382 e. The van der Waals surface area contributed by atoms with Crippen LogP contribution in [0.1, 0.15) is 25.3 Å². The van der Waals surface area contributed by atoms with Gasteiger partial charge in [-0.3, -0.25) is 4.79 Å². The molecule has 1 saturated carbocycles. The molecule has 1 aromatic rings. The predicted molar refractivity (Wildman–Crippen MR) is 65.1 cm³/mol. The summed E-state index contributed by atoms with van der Waals surface area (Å²) in [6, 6.07) is 8.56. The smallest absolute Gasteiger partial charge is 0.221 e. The van der Waals surface area contributed by atoms with E-state index in [1.165, 1.54) is 12.8 Å². The van der Waals surface area contributed by atoms with Gasteiger partial charge in [-0.25, -0.2) is 0 Å². The number of hydrogen-bond donors (Lipinski definition) is 2. The Kier molecular flexibility index (Phi) is 3.13. The lowest BCUT2D eigenvalue weighted by atomic mass is 9.82. The Hall–Kier alpha value is -1.51. The maximum absolute atomic E-state index is 10.7. The lowest BCUT2D eigenvalue weighted by Crippen LogP contribution is -2.33. The predicted octanol–water partition coefficient (Wildman–Crippen LogP) is 1.92. The van der Waals surface area contributed by atoms with E-state index in [9.17, 15) is 4.79 Å². The van der Waals surface area contributed by atoms with Crippen molar-refractivity contribution < 1.29 is 4.79 Å². The first kappa shape index (κ1) is 11.0. The Morgan fingerprint density at radius 3 is 2.50 bits per heavy atom. The van der Waals surface area contributed by atoms with Crippen molar-refractivity contribution in [1.82, 2.24) is 0 Å². The summed E-state index contributed by atoms with van der Waals surface area (Å²) in [7, 11) is 0. The number of nitrogens with two attached hydrogens (primary N) is 1. The molecule has 1 aliphatic rings. The molecule has 16 heavy (non-hydrogen) atoms. The maximum atomic E-state index is 10.7. The molecule has 3 N–H and O–H groups in total. The number of carbonyl (C=O) groups excluding carboxylic acids is 1. The van der Waals surface area contributed by atoms with E-state index in [2.05, 4.69) is 12.2 Å². The van der Waals surface area contributed by atoms with E-state index in [0.29, 0.717) is 12.5 Å². The second-order valence-corrected chi connectivity index (χ2v) is 4.76. The summed E-state index contributed by atoms with van der Waals surface area (Å²) in [4.78, 5) is 10.7. The largest absolute Gasteiger partial charge is 0.382 e. The standard InChI is InChI=1S/C13H18N2O/c1-9-6-12(7-9)15-11-4-2-10(3-5-11)8-13(14)16/h2-5,9,12,15H,6-8H2,1H3,(H2,14,16). The van der Waals surface area contributed by atoms with Crippen LogP contribution >= 0.6 is 0 Å². The first-order valence-corrected chi connectivity index (χ1v) is 5.77. The molecule has 0 aliphatic heterocycles. The van der Waals surface area contributed by atoms with Crippen LogP contribution in [0.25, 0.3) is 0 Å². The molecule has 0 spiro atoms. The van der Waals surface area contributed by atoms with Crippen LogP contribution in [0.4, 0.5) is 5.69 Å². The summed E-state index contributed by atoms with van der Waals surface area (Å²) in [5, 5.41) is 3.47. The fourth-order valence-electron chi connectivity index (χ4n) is 2.18. The number of nitrogens with one attached hydrogen (secondary N) is 1. The van der Waals surface area contributed by atoms with E-state index in [-0.39, 0.29) is 5.91 Å². The SMILES string of the molecule is CC1CC(Nc2ccc(CC(N)=O)cc2)C1. The average molecular weight is 218 g/mol. The van der Waals surface area contributed by atoms with Gasteiger partial charge >= 0.3 is 0 Å². The number of amides is 1. The molecular weight excluding hydrogens is 200 g/mol. The van der Waals surface area contributed by atoms with Gasteiger partial charge in [0.15, 0.2) is 0 Å². The third-order valence-electron chi connectivity index (χ3n) is 3.08. The van der Waals surface area contributed by atoms with Crippen molar-refractivity contribution >= 4 is 11.6 Å². The highest BCUT2D eigenvalue weighted by molar-refractivity contribution is 5.76. The Morgan fingerprint density at radius 2 is 2.00 bits per heavy atom. The number of hydrogen-bond acceptors (Lipinski definition) is 2. The Morgan fingerprint density at radius 1 is 1.38 bits per heavy atom. The van der Waals surface area contributed by atoms with E-state index >= 15 is 0 Å². The van der Waals surface area contributed by atoms with Gasteiger partial charge in [0.25, 0.3) is 0 Å². The summed E-state index contributed by atoms with van der Waals surface area (Å²) >= 11 is 0. The highest BCUT2D eigenvalue weighted by Gasteiger charge is 2.24. The van der Waals surface area contributed by atoms with Gasteiger partial charge in [-0.05, 0) is 36.5 Å². The van der Waals surface area contributed by atoms with E-state index in [1.54, 1.807) is 0 Å². The highest BCUT2D eigenvalue weighted by atomic mass is 16.1. The van der Waals surface area contributed by atoms with Crippen LogP contribution in [0.15, 0.2) is 24.3 Å². The van der Waals surface area contributed by atoms with Gasteiger partial charge in [0.1, 0.15) is 0 Å². The Balaban J connectivity index is 1.89. The zero-order valence-electron chi connectivity index (χ0n) is 9.57. The van der Waals surface area contributed by atoms with Crippen molar-refractivity contribution in [2.24, 2.45) is 11.7 Å². The fraction of sp³-hybridized carbons (Fsp3) is 0.462. The zero-order chi connectivity index (χ0) is 11.5. The summed E-state index contributed by atoms with van der Waals surface area (Å²) in [5.41, 5.74) is 7.24. The molecule has 3 nitrogen and oxygen atoms in total. The monoisotopic (exact) mass is 218 g/mol. The average Bonchev–Trinajstić information content (AvgIpc) is 2.18. The molecule has 0 atom stereocenters. The molecule has 3 heteroatoms. The van der Waals surface area contributed by atoms with E-state index in [1.807, 2.05) is 24.3 Å².